The Bertz CT molecular complexity index is 1220. The van der Waals surface area contributed by atoms with E-state index in [0.29, 0.717) is 11.1 Å². The first-order valence-corrected chi connectivity index (χ1v) is 11.9. The van der Waals surface area contributed by atoms with Gasteiger partial charge in [-0.05, 0) is 77.8 Å². The first-order chi connectivity index (χ1) is 17.2. The molecule has 1 amide bonds. The summed E-state index contributed by atoms with van der Waals surface area (Å²) in [6.07, 6.45) is 1.61. The highest BCUT2D eigenvalue weighted by Crippen LogP contribution is 2.30. The molecule has 0 saturated heterocycles. The second kappa shape index (κ2) is 11.1. The minimum absolute atomic E-state index is 0.0904. The van der Waals surface area contributed by atoms with Gasteiger partial charge in [-0.3, -0.25) is 4.79 Å². The summed E-state index contributed by atoms with van der Waals surface area (Å²) in [6, 6.07) is 14.9. The van der Waals surface area contributed by atoms with Gasteiger partial charge in [0.25, 0.3) is 0 Å². The molecule has 3 nitrogen and oxygen atoms in total. The lowest BCUT2D eigenvalue weighted by Gasteiger charge is -2.25. The van der Waals surface area contributed by atoms with Gasteiger partial charge >= 0.3 is 6.18 Å². The number of rotatable bonds is 7. The molecule has 3 aromatic rings. The van der Waals surface area contributed by atoms with E-state index in [1.54, 1.807) is 0 Å². The fourth-order valence-corrected chi connectivity index (χ4v) is 4.51. The molecule has 4 rings (SSSR count). The van der Waals surface area contributed by atoms with Gasteiger partial charge in [-0.25, -0.2) is 4.39 Å². The maximum absolute atomic E-state index is 13.4. The maximum atomic E-state index is 13.4. The second-order valence-corrected chi connectivity index (χ2v) is 9.03. The third kappa shape index (κ3) is 6.40. The maximum Gasteiger partial charge on any atom is 0.416 e. The normalized spacial score (nSPS) is 15.0. The van der Waals surface area contributed by atoms with Crippen LogP contribution in [0.3, 0.4) is 0 Å². The highest BCUT2D eigenvalue weighted by atomic mass is 19.4. The van der Waals surface area contributed by atoms with Crippen LogP contribution >= 0.6 is 0 Å². The molecular weight excluding hydrogens is 470 g/mol. The minimum atomic E-state index is -4.46. The van der Waals surface area contributed by atoms with Gasteiger partial charge in [-0.15, -0.1) is 0 Å². The molecule has 1 aliphatic rings. The Morgan fingerprint density at radius 3 is 2.42 bits per heavy atom. The monoisotopic (exact) mass is 497 g/mol. The molecule has 3 aromatic carbocycles. The lowest BCUT2D eigenvalue weighted by molar-refractivity contribution is -0.137. The Hall–Kier alpha value is -3.45. The number of amides is 1. The predicted octanol–water partition coefficient (Wildman–Crippen LogP) is 6.20. The van der Waals surface area contributed by atoms with E-state index in [0.717, 1.165) is 42.5 Å². The van der Waals surface area contributed by atoms with Gasteiger partial charge in [0.15, 0.2) is 0 Å². The van der Waals surface area contributed by atoms with Crippen molar-refractivity contribution in [3.05, 3.63) is 112 Å². The summed E-state index contributed by atoms with van der Waals surface area (Å²) >= 11 is 0. The van der Waals surface area contributed by atoms with Crippen molar-refractivity contribution < 1.29 is 27.5 Å². The van der Waals surface area contributed by atoms with Crippen LogP contribution in [0.5, 0.6) is 0 Å². The van der Waals surface area contributed by atoms with E-state index in [9.17, 15) is 27.5 Å². The van der Waals surface area contributed by atoms with E-state index >= 15 is 0 Å². The zero-order valence-corrected chi connectivity index (χ0v) is 19.6. The first kappa shape index (κ1) is 25.6. The number of benzene rings is 3. The molecule has 0 saturated carbocycles. The molecular formula is C29H27F4NO2. The number of aryl methyl sites for hydroxylation is 1. The van der Waals surface area contributed by atoms with Crippen molar-refractivity contribution in [1.82, 2.24) is 5.32 Å². The Morgan fingerprint density at radius 1 is 1.00 bits per heavy atom. The quantitative estimate of drug-likeness (QED) is 0.382. The van der Waals surface area contributed by atoms with Crippen LogP contribution in [0, 0.1) is 5.82 Å². The number of hydrogen-bond acceptors (Lipinski definition) is 2. The highest BCUT2D eigenvalue weighted by Gasteiger charge is 2.30. The predicted molar refractivity (Wildman–Crippen MR) is 131 cm³/mol. The number of aliphatic hydroxyl groups excluding tert-OH is 1. The summed E-state index contributed by atoms with van der Waals surface area (Å²) in [6.45, 7) is 0. The molecule has 0 fully saturated rings. The molecule has 2 atom stereocenters. The lowest BCUT2D eigenvalue weighted by Crippen LogP contribution is -2.41. The molecule has 0 radical (unpaired) electrons. The standard InChI is InChI=1S/C29H27F4NO2/c30-24-15-11-21(12-16-24)28(36)26(17-19-9-13-23(14-10-19)29(31,32)33)34-27(35)18-22-7-4-6-20-5-2-1-3-8-25(20)22/h3-4,6-16,26,28,36H,1-2,5,17-18H2,(H,34,35). The average Bonchev–Trinajstić information content (AvgIpc) is 3.10. The molecule has 2 unspecified atom stereocenters. The lowest BCUT2D eigenvalue weighted by atomic mass is 9.94. The van der Waals surface area contributed by atoms with Crippen LogP contribution in [0.2, 0.25) is 0 Å². The number of hydrogen-bond donors (Lipinski definition) is 2. The Labute approximate surface area is 207 Å². The SMILES string of the molecule is O=C(Cc1cccc2c1C=CCCC2)NC(Cc1ccc(C(F)(F)F)cc1)C(O)c1ccc(F)cc1. The van der Waals surface area contributed by atoms with Crippen LogP contribution in [0.25, 0.3) is 6.08 Å². The van der Waals surface area contributed by atoms with E-state index in [4.69, 9.17) is 0 Å². The van der Waals surface area contributed by atoms with Crippen LogP contribution in [0.4, 0.5) is 17.6 Å². The summed E-state index contributed by atoms with van der Waals surface area (Å²) < 4.78 is 52.3. The summed E-state index contributed by atoms with van der Waals surface area (Å²) in [5.74, 6) is -0.786. The molecule has 0 spiro atoms. The van der Waals surface area contributed by atoms with Crippen LogP contribution in [-0.2, 0) is 30.2 Å². The molecule has 0 aliphatic heterocycles. The Balaban J connectivity index is 1.55. The zero-order chi connectivity index (χ0) is 25.7. The smallest absolute Gasteiger partial charge is 0.386 e. The van der Waals surface area contributed by atoms with Crippen molar-refractivity contribution >= 4 is 12.0 Å². The van der Waals surface area contributed by atoms with E-state index in [1.807, 2.05) is 18.2 Å². The van der Waals surface area contributed by atoms with Crippen LogP contribution in [0.15, 0.2) is 72.8 Å². The molecule has 2 N–H and O–H groups in total. The molecule has 1 aliphatic carbocycles. The van der Waals surface area contributed by atoms with Crippen LogP contribution in [-0.4, -0.2) is 17.1 Å². The fourth-order valence-electron chi connectivity index (χ4n) is 4.51. The van der Waals surface area contributed by atoms with Crippen molar-refractivity contribution in [1.29, 1.82) is 0 Å². The van der Waals surface area contributed by atoms with E-state index in [-0.39, 0.29) is 18.7 Å². The number of halogens is 4. The third-order valence-electron chi connectivity index (χ3n) is 6.42. The summed E-state index contributed by atoms with van der Waals surface area (Å²) in [5.41, 5.74) is 3.22. The molecule has 36 heavy (non-hydrogen) atoms. The van der Waals surface area contributed by atoms with Gasteiger partial charge in [-0.2, -0.15) is 13.2 Å². The van der Waals surface area contributed by atoms with Crippen molar-refractivity contribution in [2.45, 2.75) is 50.4 Å². The third-order valence-corrected chi connectivity index (χ3v) is 6.42. The number of carbonyl (C=O) groups is 1. The number of allylic oxidation sites excluding steroid dienone is 1. The summed E-state index contributed by atoms with van der Waals surface area (Å²) in [7, 11) is 0. The molecule has 7 heteroatoms. The van der Waals surface area contributed by atoms with Gasteiger partial charge in [0.2, 0.25) is 5.91 Å². The van der Waals surface area contributed by atoms with Crippen LogP contribution < -0.4 is 5.32 Å². The average molecular weight is 498 g/mol. The number of fused-ring (bicyclic) bond motifs is 1. The van der Waals surface area contributed by atoms with Gasteiger partial charge in [0, 0.05) is 0 Å². The van der Waals surface area contributed by atoms with E-state index < -0.39 is 29.7 Å². The van der Waals surface area contributed by atoms with Gasteiger partial charge < -0.3 is 10.4 Å². The van der Waals surface area contributed by atoms with Crippen molar-refractivity contribution in [2.75, 3.05) is 0 Å². The Kier molecular flexibility index (Phi) is 7.89. The number of alkyl halides is 3. The Morgan fingerprint density at radius 2 is 1.72 bits per heavy atom. The fraction of sp³-hybridized carbons (Fsp3) is 0.276. The van der Waals surface area contributed by atoms with Gasteiger partial charge in [0.1, 0.15) is 5.82 Å². The van der Waals surface area contributed by atoms with Gasteiger partial charge in [-0.1, -0.05) is 54.6 Å². The van der Waals surface area contributed by atoms with Crippen molar-refractivity contribution in [3.63, 3.8) is 0 Å². The second-order valence-electron chi connectivity index (χ2n) is 9.03. The van der Waals surface area contributed by atoms with Gasteiger partial charge in [0.05, 0.1) is 24.1 Å². The van der Waals surface area contributed by atoms with Crippen LogP contribution in [0.1, 0.15) is 52.3 Å². The zero-order valence-electron chi connectivity index (χ0n) is 19.6. The molecule has 0 bridgehead atoms. The largest absolute Gasteiger partial charge is 0.416 e. The van der Waals surface area contributed by atoms with E-state index in [1.165, 1.54) is 42.0 Å². The summed E-state index contributed by atoms with van der Waals surface area (Å²) in [4.78, 5) is 13.1. The minimum Gasteiger partial charge on any atom is -0.386 e. The highest BCUT2D eigenvalue weighted by molar-refractivity contribution is 5.80. The first-order valence-electron chi connectivity index (χ1n) is 11.9. The number of carbonyl (C=O) groups excluding carboxylic acids is 1. The topological polar surface area (TPSA) is 49.3 Å². The molecule has 0 heterocycles. The number of nitrogens with one attached hydrogen (secondary N) is 1. The van der Waals surface area contributed by atoms with Crippen molar-refractivity contribution in [3.8, 4) is 0 Å². The van der Waals surface area contributed by atoms with E-state index in [2.05, 4.69) is 17.5 Å². The van der Waals surface area contributed by atoms with Crippen molar-refractivity contribution in [2.24, 2.45) is 0 Å². The summed E-state index contributed by atoms with van der Waals surface area (Å²) in [5, 5.41) is 13.9. The molecule has 188 valence electrons. The number of aliphatic hydroxyl groups is 1. The molecule has 0 aromatic heterocycles.